The number of carbonyl (C=O) groups is 2. The average molecular weight is 587 g/mol. The first-order chi connectivity index (χ1) is 16.2. The van der Waals surface area contributed by atoms with Crippen LogP contribution < -0.4 is 9.62 Å². The van der Waals surface area contributed by atoms with Crippen molar-refractivity contribution in [1.82, 2.24) is 10.2 Å². The summed E-state index contributed by atoms with van der Waals surface area (Å²) >= 11 is 9.34. The fraction of sp³-hybridized carbons (Fsp3) is 0.440. The summed E-state index contributed by atoms with van der Waals surface area (Å²) in [4.78, 5) is 27.7. The lowest BCUT2D eigenvalue weighted by Gasteiger charge is -2.32. The summed E-state index contributed by atoms with van der Waals surface area (Å²) in [6.45, 7) is 7.74. The van der Waals surface area contributed by atoms with E-state index in [9.17, 15) is 18.0 Å². The summed E-state index contributed by atoms with van der Waals surface area (Å²) in [6.07, 6.45) is 1.50. The molecule has 1 atom stereocenters. The van der Waals surface area contributed by atoms with Gasteiger partial charge in [-0.05, 0) is 76.1 Å². The van der Waals surface area contributed by atoms with E-state index in [2.05, 4.69) is 21.2 Å². The maximum atomic E-state index is 13.3. The maximum absolute atomic E-state index is 13.3. The van der Waals surface area contributed by atoms with Gasteiger partial charge in [0, 0.05) is 34.5 Å². The highest BCUT2D eigenvalue weighted by atomic mass is 79.9. The standard InChI is InChI=1S/C25H33BrClN3O4S/c1-18(24(32)28-25(2,3)4)29(17-19-8-10-20(26)11-9-19)23(31)7-6-16-30(35(5,33)34)22-14-12-21(27)13-15-22/h8-15,18H,6-7,16-17H2,1-5H3,(H,28,32). The van der Waals surface area contributed by atoms with Crippen molar-refractivity contribution in [3.05, 3.63) is 63.6 Å². The molecule has 35 heavy (non-hydrogen) atoms. The molecule has 192 valence electrons. The van der Waals surface area contributed by atoms with Gasteiger partial charge in [0.15, 0.2) is 0 Å². The van der Waals surface area contributed by atoms with Gasteiger partial charge in [-0.2, -0.15) is 0 Å². The fourth-order valence-electron chi connectivity index (χ4n) is 3.45. The van der Waals surface area contributed by atoms with Crippen molar-refractivity contribution in [3.8, 4) is 0 Å². The topological polar surface area (TPSA) is 86.8 Å². The van der Waals surface area contributed by atoms with Crippen LogP contribution in [0.1, 0.15) is 46.1 Å². The Bertz CT molecular complexity index is 1120. The number of benzene rings is 2. The lowest BCUT2D eigenvalue weighted by atomic mass is 10.1. The third kappa shape index (κ3) is 9.46. The molecule has 2 amide bonds. The van der Waals surface area contributed by atoms with E-state index in [1.807, 2.05) is 45.0 Å². The largest absolute Gasteiger partial charge is 0.350 e. The Morgan fingerprint density at radius 2 is 1.63 bits per heavy atom. The number of nitrogens with one attached hydrogen (secondary N) is 1. The van der Waals surface area contributed by atoms with Crippen molar-refractivity contribution in [2.24, 2.45) is 0 Å². The van der Waals surface area contributed by atoms with E-state index in [0.717, 1.165) is 16.3 Å². The molecule has 0 fully saturated rings. The molecular formula is C25H33BrClN3O4S. The van der Waals surface area contributed by atoms with E-state index in [4.69, 9.17) is 11.6 Å². The number of rotatable bonds is 10. The van der Waals surface area contributed by atoms with Crippen molar-refractivity contribution in [3.63, 3.8) is 0 Å². The number of hydrogen-bond acceptors (Lipinski definition) is 4. The summed E-state index contributed by atoms with van der Waals surface area (Å²) in [6, 6.07) is 13.4. The molecule has 0 radical (unpaired) electrons. The summed E-state index contributed by atoms with van der Waals surface area (Å²) in [7, 11) is -3.55. The van der Waals surface area contributed by atoms with Gasteiger partial charge in [-0.1, -0.05) is 39.7 Å². The minimum absolute atomic E-state index is 0.0866. The van der Waals surface area contributed by atoms with Gasteiger partial charge in [-0.25, -0.2) is 8.42 Å². The van der Waals surface area contributed by atoms with E-state index in [0.29, 0.717) is 17.1 Å². The molecular weight excluding hydrogens is 554 g/mol. The summed E-state index contributed by atoms with van der Waals surface area (Å²) in [5.41, 5.74) is 0.927. The first-order valence-corrected chi connectivity index (χ1v) is 14.3. The molecule has 0 spiro atoms. The van der Waals surface area contributed by atoms with Crippen molar-refractivity contribution in [2.45, 2.75) is 58.7 Å². The number of nitrogens with zero attached hydrogens (tertiary/aromatic N) is 2. The van der Waals surface area contributed by atoms with E-state index in [1.165, 1.54) is 9.21 Å². The van der Waals surface area contributed by atoms with Gasteiger partial charge in [0.25, 0.3) is 0 Å². The zero-order chi connectivity index (χ0) is 26.4. The van der Waals surface area contributed by atoms with Gasteiger partial charge in [0.2, 0.25) is 21.8 Å². The van der Waals surface area contributed by atoms with Crippen LogP contribution in [-0.4, -0.2) is 49.5 Å². The first kappa shape index (κ1) is 29.1. The summed E-state index contributed by atoms with van der Waals surface area (Å²) in [5.74, 6) is -0.476. The summed E-state index contributed by atoms with van der Waals surface area (Å²) < 4.78 is 26.9. The van der Waals surface area contributed by atoms with Crippen LogP contribution in [0.5, 0.6) is 0 Å². The van der Waals surface area contributed by atoms with Crippen molar-refractivity contribution in [1.29, 1.82) is 0 Å². The Kier molecular flexibility index (Phi) is 10.2. The maximum Gasteiger partial charge on any atom is 0.242 e. The molecule has 0 heterocycles. The second-order valence-electron chi connectivity index (χ2n) is 9.48. The second-order valence-corrected chi connectivity index (χ2v) is 12.7. The molecule has 2 aromatic rings. The van der Waals surface area contributed by atoms with Gasteiger partial charge in [-0.15, -0.1) is 0 Å². The van der Waals surface area contributed by atoms with E-state index >= 15 is 0 Å². The van der Waals surface area contributed by atoms with E-state index < -0.39 is 21.6 Å². The fourth-order valence-corrected chi connectivity index (χ4v) is 4.81. The number of halogens is 2. The van der Waals surface area contributed by atoms with Crippen LogP contribution in [0.3, 0.4) is 0 Å². The minimum atomic E-state index is -3.55. The molecule has 0 saturated heterocycles. The van der Waals surface area contributed by atoms with E-state index in [-0.39, 0.29) is 31.3 Å². The molecule has 1 unspecified atom stereocenters. The second kappa shape index (κ2) is 12.2. The zero-order valence-corrected chi connectivity index (χ0v) is 23.9. The van der Waals surface area contributed by atoms with Crippen LogP contribution in [0.25, 0.3) is 0 Å². The third-order valence-electron chi connectivity index (χ3n) is 5.20. The highest BCUT2D eigenvalue weighted by Crippen LogP contribution is 2.22. The molecule has 0 aliphatic rings. The molecule has 0 aliphatic heterocycles. The van der Waals surface area contributed by atoms with Crippen LogP contribution in [0.2, 0.25) is 5.02 Å². The highest BCUT2D eigenvalue weighted by Gasteiger charge is 2.28. The van der Waals surface area contributed by atoms with Crippen LogP contribution in [0.4, 0.5) is 5.69 Å². The minimum Gasteiger partial charge on any atom is -0.350 e. The van der Waals surface area contributed by atoms with Crippen molar-refractivity contribution < 1.29 is 18.0 Å². The number of hydrogen-bond donors (Lipinski definition) is 1. The molecule has 0 bridgehead atoms. The van der Waals surface area contributed by atoms with Crippen LogP contribution in [0.15, 0.2) is 53.0 Å². The van der Waals surface area contributed by atoms with Gasteiger partial charge in [0.05, 0.1) is 11.9 Å². The number of amides is 2. The molecule has 2 rings (SSSR count). The summed E-state index contributed by atoms with van der Waals surface area (Å²) in [5, 5.41) is 3.43. The van der Waals surface area contributed by atoms with Gasteiger partial charge in [-0.3, -0.25) is 13.9 Å². The molecule has 7 nitrogen and oxygen atoms in total. The molecule has 2 aromatic carbocycles. The monoisotopic (exact) mass is 585 g/mol. The number of sulfonamides is 1. The zero-order valence-electron chi connectivity index (χ0n) is 20.7. The predicted molar refractivity (Wildman–Crippen MR) is 145 cm³/mol. The van der Waals surface area contributed by atoms with Crippen LogP contribution >= 0.6 is 27.5 Å². The Labute approximate surface area is 222 Å². The Morgan fingerprint density at radius 3 is 2.14 bits per heavy atom. The lowest BCUT2D eigenvalue weighted by molar-refractivity contribution is -0.141. The third-order valence-corrected chi connectivity index (χ3v) is 7.17. The van der Waals surface area contributed by atoms with Crippen LogP contribution in [0, 0.1) is 0 Å². The molecule has 0 aliphatic carbocycles. The SMILES string of the molecule is CC(C(=O)NC(C)(C)C)N(Cc1ccc(Br)cc1)C(=O)CCCN(c1ccc(Cl)cc1)S(C)(=O)=O. The van der Waals surface area contributed by atoms with Gasteiger partial charge < -0.3 is 10.2 Å². The quantitative estimate of drug-likeness (QED) is 0.425. The van der Waals surface area contributed by atoms with Gasteiger partial charge in [0.1, 0.15) is 6.04 Å². The first-order valence-electron chi connectivity index (χ1n) is 11.3. The molecule has 10 heteroatoms. The van der Waals surface area contributed by atoms with Crippen LogP contribution in [-0.2, 0) is 26.2 Å². The number of anilines is 1. The number of carbonyl (C=O) groups excluding carboxylic acids is 2. The lowest BCUT2D eigenvalue weighted by Crippen LogP contribution is -2.52. The van der Waals surface area contributed by atoms with Crippen molar-refractivity contribution in [2.75, 3.05) is 17.1 Å². The van der Waals surface area contributed by atoms with E-state index in [1.54, 1.807) is 31.2 Å². The Morgan fingerprint density at radius 1 is 1.06 bits per heavy atom. The molecule has 0 aromatic heterocycles. The van der Waals surface area contributed by atoms with Crippen molar-refractivity contribution >= 4 is 55.1 Å². The predicted octanol–water partition coefficient (Wildman–Crippen LogP) is 4.98. The highest BCUT2D eigenvalue weighted by molar-refractivity contribution is 9.10. The Hall–Kier alpha value is -2.10. The smallest absolute Gasteiger partial charge is 0.242 e. The van der Waals surface area contributed by atoms with Gasteiger partial charge >= 0.3 is 0 Å². The Balaban J connectivity index is 2.17. The molecule has 0 saturated carbocycles. The molecule has 1 N–H and O–H groups in total. The normalized spacial score (nSPS) is 12.7. The average Bonchev–Trinajstić information content (AvgIpc) is 2.74.